The lowest BCUT2D eigenvalue weighted by Gasteiger charge is -2.47. The SMILES string of the molecule is C=CCC1C=C(C)CC(C)CC(OC)C2OC(O)(C(=O)C(=O)N3CCCCC3C(=O)OC(C(C)=CC3CCC(Oc4ccc5c(ccn5C)c4)C(OCC)C3)C(C)C(O)CC1=O)C(C)CC2OC. The number of aliphatic hydroxyl groups excluding tert-OH is 1. The molecule has 4 aliphatic rings. The van der Waals surface area contributed by atoms with E-state index in [0.29, 0.717) is 57.1 Å². The van der Waals surface area contributed by atoms with Gasteiger partial charge in [-0.2, -0.15) is 0 Å². The number of carbonyl (C=O) groups is 4. The summed E-state index contributed by atoms with van der Waals surface area (Å²) in [4.78, 5) is 58.8. The maximum absolute atomic E-state index is 14.6. The quantitative estimate of drug-likeness (QED) is 0.136. The van der Waals surface area contributed by atoms with Crippen LogP contribution in [0.15, 0.2) is 66.4 Å². The Bertz CT molecular complexity index is 2150. The Balaban J connectivity index is 1.32. The van der Waals surface area contributed by atoms with Crippen molar-refractivity contribution in [3.63, 3.8) is 0 Å². The summed E-state index contributed by atoms with van der Waals surface area (Å²) in [5, 5.41) is 25.2. The Morgan fingerprint density at radius 3 is 2.40 bits per heavy atom. The molecule has 3 fully saturated rings. The standard InChI is InChI=1S/C54H78N2O12/c1-11-15-39-25-32(3)24-33(4)26-47(63-9)50-48(64-10)28-35(6)54(62,68-50)51(59)52(60)56-22-14-13-16-42(56)53(61)67-49(36(7)43(57)31-44(39)58)34(5)27-37-17-20-45(46(29-37)65-12-2)66-40-18-19-41-38(30-40)21-23-55(41)8/h11,18-19,21,23,25,27,30,33,35-37,39,42-43,45-50,57,62H,1,12-17,20,22,24,26,28-29,31H2,2-10H3. The molecule has 3 aliphatic heterocycles. The third-order valence-corrected chi connectivity index (χ3v) is 15.1. The van der Waals surface area contributed by atoms with Crippen LogP contribution in [0, 0.1) is 29.6 Å². The molecule has 1 aromatic carbocycles. The second kappa shape index (κ2) is 23.6. The Morgan fingerprint density at radius 2 is 1.69 bits per heavy atom. The third kappa shape index (κ3) is 12.2. The van der Waals surface area contributed by atoms with E-state index in [1.165, 1.54) is 19.1 Å². The van der Waals surface area contributed by atoms with E-state index in [0.717, 1.165) is 28.6 Å². The number of fused-ring (bicyclic) bond motifs is 4. The van der Waals surface area contributed by atoms with Crippen molar-refractivity contribution in [2.24, 2.45) is 36.6 Å². The first-order chi connectivity index (χ1) is 32.4. The Hall–Kier alpha value is -4.18. The zero-order chi connectivity index (χ0) is 49.4. The number of piperidine rings is 1. The fourth-order valence-corrected chi connectivity index (χ4v) is 11.2. The van der Waals surface area contributed by atoms with Crippen molar-refractivity contribution in [3.05, 3.63) is 66.4 Å². The Labute approximate surface area is 403 Å². The molecule has 14 heteroatoms. The van der Waals surface area contributed by atoms with E-state index in [-0.39, 0.29) is 55.6 Å². The second-order valence-corrected chi connectivity index (χ2v) is 20.2. The molecule has 2 saturated heterocycles. The van der Waals surface area contributed by atoms with Crippen LogP contribution in [0.4, 0.5) is 0 Å². The number of hydrogen-bond donors (Lipinski definition) is 2. The first kappa shape index (κ1) is 53.2. The van der Waals surface area contributed by atoms with Crippen molar-refractivity contribution in [1.29, 1.82) is 0 Å². The number of Topliss-reactive ketones (excluding diaryl/α,β-unsaturated/α-hetero) is 2. The van der Waals surface area contributed by atoms with Crippen LogP contribution in [0.1, 0.15) is 112 Å². The van der Waals surface area contributed by atoms with Gasteiger partial charge in [0.25, 0.3) is 11.7 Å². The van der Waals surface area contributed by atoms with Crippen molar-refractivity contribution in [2.75, 3.05) is 27.4 Å². The summed E-state index contributed by atoms with van der Waals surface area (Å²) in [6.45, 7) is 15.8. The minimum absolute atomic E-state index is 0.00470. The summed E-state index contributed by atoms with van der Waals surface area (Å²) < 4.78 is 39.5. The number of methoxy groups -OCH3 is 2. The van der Waals surface area contributed by atoms with Gasteiger partial charge in [-0.25, -0.2) is 4.79 Å². The summed E-state index contributed by atoms with van der Waals surface area (Å²) in [5.41, 5.74) is 2.77. The van der Waals surface area contributed by atoms with Gasteiger partial charge in [-0.15, -0.1) is 6.58 Å². The molecule has 1 amide bonds. The van der Waals surface area contributed by atoms with Gasteiger partial charge in [0.05, 0.1) is 24.4 Å². The molecular weight excluding hydrogens is 869 g/mol. The van der Waals surface area contributed by atoms with Crippen LogP contribution >= 0.6 is 0 Å². The lowest BCUT2D eigenvalue weighted by Crippen LogP contribution is -2.64. The van der Waals surface area contributed by atoms with E-state index in [2.05, 4.69) is 36.3 Å². The van der Waals surface area contributed by atoms with E-state index in [1.807, 2.05) is 52.2 Å². The lowest BCUT2D eigenvalue weighted by atomic mass is 9.81. The number of aryl methyl sites for hydroxylation is 1. The first-order valence-corrected chi connectivity index (χ1v) is 24.9. The lowest BCUT2D eigenvalue weighted by molar-refractivity contribution is -0.302. The largest absolute Gasteiger partial charge is 0.488 e. The molecule has 4 heterocycles. The van der Waals surface area contributed by atoms with Crippen LogP contribution in [-0.4, -0.2) is 125 Å². The smallest absolute Gasteiger partial charge is 0.329 e. The van der Waals surface area contributed by atoms with E-state index >= 15 is 0 Å². The van der Waals surface area contributed by atoms with Crippen LogP contribution < -0.4 is 4.74 Å². The van der Waals surface area contributed by atoms with Gasteiger partial charge in [0.15, 0.2) is 0 Å². The molecule has 1 aliphatic carbocycles. The Kier molecular flexibility index (Phi) is 18.5. The van der Waals surface area contributed by atoms with Crippen molar-refractivity contribution in [2.45, 2.75) is 167 Å². The van der Waals surface area contributed by atoms with Crippen molar-refractivity contribution < 1.29 is 57.8 Å². The summed E-state index contributed by atoms with van der Waals surface area (Å²) in [6, 6.07) is 7.00. The molecule has 2 bridgehead atoms. The first-order valence-electron chi connectivity index (χ1n) is 24.9. The summed E-state index contributed by atoms with van der Waals surface area (Å²) in [7, 11) is 5.08. The number of cyclic esters (lactones) is 1. The number of amides is 1. The molecule has 0 radical (unpaired) electrons. The number of allylic oxidation sites excluding steroid dienone is 4. The fraction of sp³-hybridized carbons (Fsp3) is 0.667. The van der Waals surface area contributed by atoms with E-state index in [4.69, 9.17) is 28.4 Å². The van der Waals surface area contributed by atoms with Crippen LogP contribution in [-0.2, 0) is 49.9 Å². The highest BCUT2D eigenvalue weighted by Gasteiger charge is 2.56. The van der Waals surface area contributed by atoms with Gasteiger partial charge in [0.2, 0.25) is 5.79 Å². The highest BCUT2D eigenvalue weighted by atomic mass is 16.7. The van der Waals surface area contributed by atoms with E-state index in [9.17, 15) is 29.4 Å². The summed E-state index contributed by atoms with van der Waals surface area (Å²) >= 11 is 0. The summed E-state index contributed by atoms with van der Waals surface area (Å²) in [5.74, 6) is -6.96. The monoisotopic (exact) mass is 947 g/mol. The van der Waals surface area contributed by atoms with Crippen LogP contribution in [0.5, 0.6) is 5.75 Å². The van der Waals surface area contributed by atoms with Gasteiger partial charge in [-0.3, -0.25) is 14.4 Å². The number of hydrogen-bond acceptors (Lipinski definition) is 12. The second-order valence-electron chi connectivity index (χ2n) is 20.2. The zero-order valence-electron chi connectivity index (χ0n) is 41.9. The molecule has 2 aromatic rings. The number of aliphatic hydroxyl groups is 2. The van der Waals surface area contributed by atoms with Gasteiger partial charge >= 0.3 is 5.97 Å². The van der Waals surface area contributed by atoms with Crippen LogP contribution in [0.2, 0.25) is 0 Å². The minimum atomic E-state index is -2.52. The van der Waals surface area contributed by atoms with Gasteiger partial charge in [0, 0.05) is 75.7 Å². The predicted molar refractivity (Wildman–Crippen MR) is 259 cm³/mol. The molecule has 14 unspecified atom stereocenters. The number of ketones is 2. The topological polar surface area (TPSA) is 172 Å². The van der Waals surface area contributed by atoms with Crippen LogP contribution in [0.3, 0.4) is 0 Å². The molecule has 14 nitrogen and oxygen atoms in total. The minimum Gasteiger partial charge on any atom is -0.488 e. The maximum atomic E-state index is 14.6. The number of benzene rings is 1. The fourth-order valence-electron chi connectivity index (χ4n) is 11.2. The van der Waals surface area contributed by atoms with E-state index in [1.54, 1.807) is 19.9 Å². The highest BCUT2D eigenvalue weighted by molar-refractivity contribution is 6.39. The molecule has 0 spiro atoms. The molecule has 1 aromatic heterocycles. The molecular formula is C54H78N2O12. The van der Waals surface area contributed by atoms with Crippen molar-refractivity contribution >= 4 is 34.3 Å². The number of ether oxygens (including phenoxy) is 6. The molecule has 6 rings (SSSR count). The molecule has 376 valence electrons. The zero-order valence-corrected chi connectivity index (χ0v) is 41.9. The van der Waals surface area contributed by atoms with Crippen molar-refractivity contribution in [1.82, 2.24) is 9.47 Å². The molecule has 2 N–H and O–H groups in total. The summed E-state index contributed by atoms with van der Waals surface area (Å²) in [6.07, 6.45) is 7.96. The van der Waals surface area contributed by atoms with Crippen molar-refractivity contribution in [3.8, 4) is 5.75 Å². The number of esters is 1. The number of nitrogens with zero attached hydrogens (tertiary/aromatic N) is 2. The maximum Gasteiger partial charge on any atom is 0.329 e. The third-order valence-electron chi connectivity index (χ3n) is 15.1. The van der Waals surface area contributed by atoms with E-state index < -0.39 is 77.8 Å². The number of carbonyl (C=O) groups excluding carboxylic acids is 4. The average Bonchev–Trinajstić information content (AvgIpc) is 3.69. The Morgan fingerprint density at radius 1 is 0.956 bits per heavy atom. The van der Waals surface area contributed by atoms with Crippen LogP contribution in [0.25, 0.3) is 10.9 Å². The van der Waals surface area contributed by atoms with Gasteiger partial charge in [0.1, 0.15) is 35.9 Å². The van der Waals surface area contributed by atoms with Gasteiger partial charge < -0.3 is 48.1 Å². The number of aromatic nitrogens is 1. The molecule has 68 heavy (non-hydrogen) atoms. The van der Waals surface area contributed by atoms with Gasteiger partial charge in [-0.05, 0) is 127 Å². The molecule has 1 saturated carbocycles. The number of rotatable bonds is 10. The predicted octanol–water partition coefficient (Wildman–Crippen LogP) is 7.61. The average molecular weight is 947 g/mol. The normalized spacial score (nSPS) is 35.5. The highest BCUT2D eigenvalue weighted by Crippen LogP contribution is 2.40. The van der Waals surface area contributed by atoms with Gasteiger partial charge in [-0.1, -0.05) is 44.6 Å². The molecule has 14 atom stereocenters.